The van der Waals surface area contributed by atoms with E-state index in [9.17, 15) is 9.65 Å². The van der Waals surface area contributed by atoms with Crippen LogP contribution in [0.1, 0.15) is 49.9 Å². The van der Waals surface area contributed by atoms with E-state index in [1.807, 2.05) is 24.3 Å². The van der Waals surface area contributed by atoms with Gasteiger partial charge in [-0.05, 0) is 105 Å². The van der Waals surface area contributed by atoms with Crippen LogP contribution in [-0.2, 0) is 6.42 Å². The summed E-state index contributed by atoms with van der Waals surface area (Å²) in [7, 11) is 2.13. The molecular formula is C37H37F2N5O. The van der Waals surface area contributed by atoms with Gasteiger partial charge in [-0.25, -0.2) is 13.8 Å². The molecule has 0 spiro atoms. The highest BCUT2D eigenvalue weighted by Gasteiger charge is 2.48. The van der Waals surface area contributed by atoms with E-state index in [0.717, 1.165) is 65.3 Å². The van der Waals surface area contributed by atoms with Gasteiger partial charge in [0.05, 0.1) is 23.0 Å². The number of ether oxygens (including phenoxy) is 1. The minimum Gasteiger partial charge on any atom is -0.472 e. The van der Waals surface area contributed by atoms with E-state index in [-0.39, 0.29) is 35.9 Å². The number of benzene rings is 3. The van der Waals surface area contributed by atoms with Gasteiger partial charge in [0.2, 0.25) is 5.88 Å². The monoisotopic (exact) mass is 605 g/mol. The summed E-state index contributed by atoms with van der Waals surface area (Å²) in [5.74, 6) is 0.129. The van der Waals surface area contributed by atoms with Crippen LogP contribution in [0.15, 0.2) is 48.5 Å². The van der Waals surface area contributed by atoms with Crippen LogP contribution in [0.2, 0.25) is 0 Å². The predicted molar refractivity (Wildman–Crippen MR) is 173 cm³/mol. The molecule has 5 atom stereocenters. The van der Waals surface area contributed by atoms with Crippen LogP contribution in [0.25, 0.3) is 43.7 Å². The second-order valence-electron chi connectivity index (χ2n) is 13.3. The SMILES string of the molecule is Cc1cc2c(O[C@@H](C)[C@@H]3CCCN3C)nc3c(F)c(-c4cccc5ccc(F)cc45)c(CCC#N)cc3c2n1[C@H]1[C@H]2CN[C@@H]1C2. The minimum atomic E-state index is -0.463. The van der Waals surface area contributed by atoms with E-state index in [4.69, 9.17) is 9.72 Å². The summed E-state index contributed by atoms with van der Waals surface area (Å²) < 4.78 is 41.0. The molecule has 0 unspecified atom stereocenters. The number of likely N-dealkylation sites (N-methyl/N-ethyl adjacent to an activating group) is 1. The summed E-state index contributed by atoms with van der Waals surface area (Å²) in [5.41, 5.74) is 3.97. The maximum Gasteiger partial charge on any atom is 0.223 e. The van der Waals surface area contributed by atoms with Gasteiger partial charge in [0.25, 0.3) is 0 Å². The first-order chi connectivity index (χ1) is 21.8. The van der Waals surface area contributed by atoms with Crippen LogP contribution < -0.4 is 10.1 Å². The van der Waals surface area contributed by atoms with Crippen molar-refractivity contribution >= 4 is 32.6 Å². The van der Waals surface area contributed by atoms with E-state index in [1.54, 1.807) is 6.07 Å². The fraction of sp³-hybridized carbons (Fsp3) is 0.405. The highest BCUT2D eigenvalue weighted by atomic mass is 19.1. The van der Waals surface area contributed by atoms with Crippen molar-refractivity contribution in [1.29, 1.82) is 5.26 Å². The van der Waals surface area contributed by atoms with Crippen LogP contribution in [0.4, 0.5) is 8.78 Å². The number of hydrogen-bond donors (Lipinski definition) is 1. The quantitative estimate of drug-likeness (QED) is 0.209. The molecule has 2 aromatic heterocycles. The molecule has 3 aromatic carbocycles. The fourth-order valence-electron chi connectivity index (χ4n) is 8.47. The fourth-order valence-corrected chi connectivity index (χ4v) is 8.47. The van der Waals surface area contributed by atoms with Gasteiger partial charge in [0.1, 0.15) is 17.4 Å². The number of aryl methyl sites for hydroxylation is 2. The Kier molecular flexibility index (Phi) is 6.81. The van der Waals surface area contributed by atoms with Crippen molar-refractivity contribution in [2.75, 3.05) is 20.1 Å². The van der Waals surface area contributed by atoms with Gasteiger partial charge in [-0.3, -0.25) is 4.90 Å². The number of nitriles is 1. The molecule has 0 radical (unpaired) electrons. The van der Waals surface area contributed by atoms with Crippen LogP contribution in [0.5, 0.6) is 5.88 Å². The third-order valence-electron chi connectivity index (χ3n) is 10.7. The van der Waals surface area contributed by atoms with Gasteiger partial charge < -0.3 is 14.6 Å². The lowest BCUT2D eigenvalue weighted by molar-refractivity contribution is 0.119. The van der Waals surface area contributed by atoms with Crippen LogP contribution >= 0.6 is 0 Å². The Balaban J connectivity index is 1.41. The summed E-state index contributed by atoms with van der Waals surface area (Å²) in [4.78, 5) is 7.30. The van der Waals surface area contributed by atoms with Gasteiger partial charge in [-0.2, -0.15) is 5.26 Å². The standard InChI is InChI=1S/C37H37F2N5O/c1-20-15-29-36(44(20)35-24-17-30(35)41-19-24)28-16-23(8-5-13-40)32(26-9-4-7-22-11-12-25(38)18-27(22)26)33(39)34(28)42-37(29)45-21(2)31-10-6-14-43(31)3/h4,7,9,11-12,15-16,18,21,24,30-31,35,41H,5-6,8,10,14,17,19H2,1-3H3/t21-,24+,30+,31-,35-/m0/s1. The molecule has 4 fully saturated rings. The molecule has 2 bridgehead atoms. The molecule has 4 aliphatic rings. The largest absolute Gasteiger partial charge is 0.472 e. The van der Waals surface area contributed by atoms with Crippen LogP contribution in [0, 0.1) is 35.8 Å². The number of halogens is 2. The summed E-state index contributed by atoms with van der Waals surface area (Å²) in [6.45, 7) is 6.21. The molecule has 3 saturated heterocycles. The normalized spacial score (nSPS) is 23.6. The molecule has 1 saturated carbocycles. The van der Waals surface area contributed by atoms with Crippen LogP contribution in [0.3, 0.4) is 0 Å². The van der Waals surface area contributed by atoms with E-state index < -0.39 is 5.82 Å². The number of rotatable bonds is 7. The third-order valence-corrected chi connectivity index (χ3v) is 10.7. The first-order valence-corrected chi connectivity index (χ1v) is 16.2. The van der Waals surface area contributed by atoms with Crippen molar-refractivity contribution in [3.8, 4) is 23.1 Å². The molecule has 1 aliphatic carbocycles. The lowest BCUT2D eigenvalue weighted by Gasteiger charge is -2.37. The first kappa shape index (κ1) is 28.4. The van der Waals surface area contributed by atoms with E-state index in [1.165, 1.54) is 12.1 Å². The molecule has 230 valence electrons. The van der Waals surface area contributed by atoms with Crippen molar-refractivity contribution in [2.24, 2.45) is 5.92 Å². The summed E-state index contributed by atoms with van der Waals surface area (Å²) >= 11 is 0. The number of likely N-dealkylation sites (tertiary alicyclic amines) is 1. The van der Waals surface area contributed by atoms with E-state index >= 15 is 4.39 Å². The smallest absolute Gasteiger partial charge is 0.223 e. The Morgan fingerprint density at radius 2 is 2.00 bits per heavy atom. The van der Waals surface area contributed by atoms with Crippen LogP contribution in [-0.4, -0.2) is 52.8 Å². The van der Waals surface area contributed by atoms with Crippen molar-refractivity contribution in [3.63, 3.8) is 0 Å². The Morgan fingerprint density at radius 1 is 1.13 bits per heavy atom. The van der Waals surface area contributed by atoms with Gasteiger partial charge in [0, 0.05) is 41.7 Å². The molecule has 6 nitrogen and oxygen atoms in total. The predicted octanol–water partition coefficient (Wildman–Crippen LogP) is 7.45. The zero-order valence-electron chi connectivity index (χ0n) is 25.9. The number of nitrogens with zero attached hydrogens (tertiary/aromatic N) is 4. The molecule has 45 heavy (non-hydrogen) atoms. The first-order valence-electron chi connectivity index (χ1n) is 16.2. The number of hydrogen-bond acceptors (Lipinski definition) is 5. The average molecular weight is 606 g/mol. The van der Waals surface area contributed by atoms with Gasteiger partial charge in [-0.15, -0.1) is 0 Å². The van der Waals surface area contributed by atoms with E-state index in [0.29, 0.717) is 40.8 Å². The molecule has 0 amide bonds. The Hall–Kier alpha value is -4.06. The second kappa shape index (κ2) is 10.8. The summed E-state index contributed by atoms with van der Waals surface area (Å²) in [6.07, 6.45) is 3.78. The van der Waals surface area contributed by atoms with Gasteiger partial charge >= 0.3 is 0 Å². The Morgan fingerprint density at radius 3 is 2.73 bits per heavy atom. The topological polar surface area (TPSA) is 66.1 Å². The molecular weight excluding hydrogens is 568 g/mol. The number of fused-ring (bicyclic) bond motifs is 5. The maximum atomic E-state index is 17.4. The van der Waals surface area contributed by atoms with Crippen molar-refractivity contribution < 1.29 is 13.5 Å². The number of pyridine rings is 1. The third kappa shape index (κ3) is 4.43. The molecule has 3 aliphatic heterocycles. The summed E-state index contributed by atoms with van der Waals surface area (Å²) in [5, 5.41) is 16.3. The van der Waals surface area contributed by atoms with Crippen molar-refractivity contribution in [2.45, 2.75) is 70.2 Å². The van der Waals surface area contributed by atoms with E-state index in [2.05, 4.69) is 47.8 Å². The van der Waals surface area contributed by atoms with Gasteiger partial charge in [0.15, 0.2) is 5.82 Å². The summed E-state index contributed by atoms with van der Waals surface area (Å²) in [6, 6.07) is 17.5. The molecule has 5 aromatic rings. The zero-order valence-corrected chi connectivity index (χ0v) is 25.9. The molecule has 5 heterocycles. The highest BCUT2D eigenvalue weighted by molar-refractivity contribution is 6.09. The molecule has 8 heteroatoms. The lowest BCUT2D eigenvalue weighted by Crippen LogP contribution is -2.39. The molecule has 9 rings (SSSR count). The lowest BCUT2D eigenvalue weighted by atomic mass is 9.79. The van der Waals surface area contributed by atoms with Crippen molar-refractivity contribution in [1.82, 2.24) is 19.8 Å². The average Bonchev–Trinajstić information content (AvgIpc) is 3.82. The number of nitrogens with one attached hydrogen (secondary N) is 1. The van der Waals surface area contributed by atoms with Crippen molar-refractivity contribution in [3.05, 3.63) is 71.4 Å². The highest BCUT2D eigenvalue weighted by Crippen LogP contribution is 2.49. The Bertz CT molecular complexity index is 2020. The minimum absolute atomic E-state index is 0.130. The van der Waals surface area contributed by atoms with Gasteiger partial charge in [-0.1, -0.05) is 24.3 Å². The second-order valence-corrected chi connectivity index (χ2v) is 13.3. The maximum absolute atomic E-state index is 17.4. The molecule has 1 N–H and O–H groups in total. The zero-order chi connectivity index (χ0) is 31.0. The number of aromatic nitrogens is 2. The Labute approximate surface area is 261 Å².